The molecule has 0 heterocycles. The second kappa shape index (κ2) is 3.38. The molecule has 0 saturated carbocycles. The molecule has 0 radical (unpaired) electrons. The van der Waals surface area contributed by atoms with Gasteiger partial charge in [0.05, 0.1) is 14.6 Å². The van der Waals surface area contributed by atoms with Gasteiger partial charge in [-0.3, -0.25) is 0 Å². The Morgan fingerprint density at radius 2 is 1.92 bits per heavy atom. The first-order valence-corrected chi connectivity index (χ1v) is 5.70. The molecule has 3 N–H and O–H groups in total. The number of nitrogen functional groups attached to an aromatic ring is 1. The molecule has 0 spiro atoms. The fourth-order valence-electron chi connectivity index (χ4n) is 1.01. The smallest absolute Gasteiger partial charge is 0.0770 e. The van der Waals surface area contributed by atoms with E-state index in [2.05, 4.69) is 0 Å². The molecule has 1 unspecified atom stereocenters. The molecular formula is C9H14N2OS. The van der Waals surface area contributed by atoms with Crippen molar-refractivity contribution in [3.63, 3.8) is 0 Å². The zero-order chi connectivity index (χ0) is 10.1. The van der Waals surface area contributed by atoms with Gasteiger partial charge in [0.15, 0.2) is 0 Å². The van der Waals surface area contributed by atoms with Gasteiger partial charge in [0.1, 0.15) is 0 Å². The first-order valence-electron chi connectivity index (χ1n) is 4.08. The lowest BCUT2D eigenvalue weighted by atomic mass is 10.3. The second-order valence-corrected chi connectivity index (χ2v) is 5.77. The zero-order valence-corrected chi connectivity index (χ0v) is 8.60. The summed E-state index contributed by atoms with van der Waals surface area (Å²) in [6, 6.07) is 6.85. The predicted molar refractivity (Wildman–Crippen MR) is 55.1 cm³/mol. The summed E-state index contributed by atoms with van der Waals surface area (Å²) >= 11 is 0. The largest absolute Gasteiger partial charge is 0.398 e. The second-order valence-electron chi connectivity index (χ2n) is 3.19. The third kappa shape index (κ3) is 1.83. The van der Waals surface area contributed by atoms with Gasteiger partial charge in [-0.25, -0.2) is 8.99 Å². The molecule has 1 atom stereocenters. The van der Waals surface area contributed by atoms with Gasteiger partial charge in [-0.2, -0.15) is 0 Å². The molecule has 0 aromatic heterocycles. The standard InChI is InChI=1S/C9H14N2OS/c1-7(2)13(11,12)9-6-4-3-5-8(9)10/h3-7,11H,10H2,1-2H3. The fourth-order valence-corrected chi connectivity index (χ4v) is 2.22. The van der Waals surface area contributed by atoms with Crippen LogP contribution in [0.25, 0.3) is 0 Å². The summed E-state index contributed by atoms with van der Waals surface area (Å²) in [5.41, 5.74) is 6.09. The number of rotatable bonds is 2. The molecular weight excluding hydrogens is 184 g/mol. The van der Waals surface area contributed by atoms with Crippen molar-refractivity contribution in [2.45, 2.75) is 24.0 Å². The maximum absolute atomic E-state index is 11.9. The van der Waals surface area contributed by atoms with E-state index >= 15 is 0 Å². The summed E-state index contributed by atoms with van der Waals surface area (Å²) in [4.78, 5) is 0.449. The number of nitrogens with one attached hydrogen (secondary N) is 1. The van der Waals surface area contributed by atoms with E-state index in [1.807, 2.05) is 0 Å². The third-order valence-electron chi connectivity index (χ3n) is 1.91. The van der Waals surface area contributed by atoms with Gasteiger partial charge < -0.3 is 5.73 Å². The Balaban J connectivity index is 3.32. The lowest BCUT2D eigenvalue weighted by Gasteiger charge is -2.12. The molecule has 72 valence electrons. The van der Waals surface area contributed by atoms with Gasteiger partial charge in [-0.15, -0.1) is 0 Å². The molecule has 0 saturated heterocycles. The van der Waals surface area contributed by atoms with Crippen molar-refractivity contribution in [1.29, 1.82) is 4.78 Å². The molecule has 1 aromatic carbocycles. The van der Waals surface area contributed by atoms with Gasteiger partial charge >= 0.3 is 0 Å². The van der Waals surface area contributed by atoms with Gasteiger partial charge in [-0.1, -0.05) is 12.1 Å². The number of anilines is 1. The Bertz CT molecular complexity index is 396. The van der Waals surface area contributed by atoms with E-state index in [1.165, 1.54) is 0 Å². The fraction of sp³-hybridized carbons (Fsp3) is 0.333. The predicted octanol–water partition coefficient (Wildman–Crippen LogP) is 2.08. The molecule has 0 fully saturated rings. The maximum atomic E-state index is 11.9. The van der Waals surface area contributed by atoms with Crippen LogP contribution in [0, 0.1) is 4.78 Å². The highest BCUT2D eigenvalue weighted by Gasteiger charge is 2.16. The van der Waals surface area contributed by atoms with Crippen molar-refractivity contribution in [2.75, 3.05) is 5.73 Å². The highest BCUT2D eigenvalue weighted by molar-refractivity contribution is 7.93. The van der Waals surface area contributed by atoms with Crippen molar-refractivity contribution >= 4 is 15.4 Å². The summed E-state index contributed by atoms with van der Waals surface area (Å²) in [7, 11) is -2.73. The lowest BCUT2D eigenvalue weighted by molar-refractivity contribution is 0.667. The van der Waals surface area contributed by atoms with Crippen LogP contribution >= 0.6 is 0 Å². The summed E-state index contributed by atoms with van der Waals surface area (Å²) in [6.45, 7) is 3.53. The van der Waals surface area contributed by atoms with E-state index in [0.717, 1.165) is 0 Å². The summed E-state index contributed by atoms with van der Waals surface area (Å²) in [5, 5.41) is -0.211. The molecule has 3 nitrogen and oxygen atoms in total. The number of hydrogen-bond acceptors (Lipinski definition) is 3. The van der Waals surface area contributed by atoms with Gasteiger partial charge in [0.2, 0.25) is 0 Å². The molecule has 0 aliphatic rings. The topological polar surface area (TPSA) is 66.9 Å². The van der Waals surface area contributed by atoms with E-state index < -0.39 is 9.73 Å². The van der Waals surface area contributed by atoms with E-state index in [4.69, 9.17) is 10.5 Å². The Kier molecular flexibility index (Phi) is 2.61. The molecule has 0 bridgehead atoms. The Labute approximate surface area is 78.9 Å². The average molecular weight is 198 g/mol. The van der Waals surface area contributed by atoms with E-state index in [1.54, 1.807) is 38.1 Å². The highest BCUT2D eigenvalue weighted by Crippen LogP contribution is 2.22. The monoisotopic (exact) mass is 198 g/mol. The minimum absolute atomic E-state index is 0.211. The van der Waals surface area contributed by atoms with Crippen molar-refractivity contribution in [3.05, 3.63) is 24.3 Å². The van der Waals surface area contributed by atoms with Crippen LogP contribution in [0.2, 0.25) is 0 Å². The number of hydrogen-bond donors (Lipinski definition) is 2. The third-order valence-corrected chi connectivity index (χ3v) is 4.26. The first-order chi connectivity index (χ1) is 5.96. The van der Waals surface area contributed by atoms with Crippen LogP contribution in [0.5, 0.6) is 0 Å². The number of benzene rings is 1. The lowest BCUT2D eigenvalue weighted by Crippen LogP contribution is -2.13. The molecule has 0 aliphatic heterocycles. The van der Waals surface area contributed by atoms with Gasteiger partial charge in [0.25, 0.3) is 0 Å². The molecule has 1 aromatic rings. The minimum atomic E-state index is -2.73. The molecule has 0 amide bonds. The number of para-hydroxylation sites is 1. The van der Waals surface area contributed by atoms with Crippen LogP contribution in [-0.2, 0) is 9.73 Å². The SMILES string of the molecule is CC(C)S(=N)(=O)c1ccccc1N. The van der Waals surface area contributed by atoms with E-state index in [0.29, 0.717) is 10.6 Å². The Morgan fingerprint density at radius 1 is 1.38 bits per heavy atom. The number of nitrogens with two attached hydrogens (primary N) is 1. The summed E-state index contributed by atoms with van der Waals surface area (Å²) in [5.74, 6) is 0. The Morgan fingerprint density at radius 3 is 2.38 bits per heavy atom. The summed E-state index contributed by atoms with van der Waals surface area (Å²) < 4.78 is 19.6. The van der Waals surface area contributed by atoms with Crippen LogP contribution < -0.4 is 5.73 Å². The average Bonchev–Trinajstić information content (AvgIpc) is 2.04. The quantitative estimate of drug-likeness (QED) is 0.714. The van der Waals surface area contributed by atoms with Crippen molar-refractivity contribution in [1.82, 2.24) is 0 Å². The Hall–Kier alpha value is -1.03. The maximum Gasteiger partial charge on any atom is 0.0770 e. The molecule has 13 heavy (non-hydrogen) atoms. The van der Waals surface area contributed by atoms with E-state index in [9.17, 15) is 4.21 Å². The normalized spacial score (nSPS) is 15.6. The van der Waals surface area contributed by atoms with Crippen LogP contribution in [0.15, 0.2) is 29.2 Å². The van der Waals surface area contributed by atoms with E-state index in [-0.39, 0.29) is 5.25 Å². The minimum Gasteiger partial charge on any atom is -0.398 e. The molecule has 0 aliphatic carbocycles. The van der Waals surface area contributed by atoms with Crippen molar-refractivity contribution in [2.24, 2.45) is 0 Å². The van der Waals surface area contributed by atoms with Crippen LogP contribution in [0.3, 0.4) is 0 Å². The van der Waals surface area contributed by atoms with Crippen molar-refractivity contribution in [3.8, 4) is 0 Å². The molecule has 4 heteroatoms. The first kappa shape index (κ1) is 10.1. The van der Waals surface area contributed by atoms with Gasteiger partial charge in [0, 0.05) is 10.9 Å². The highest BCUT2D eigenvalue weighted by atomic mass is 32.2. The van der Waals surface area contributed by atoms with Crippen LogP contribution in [-0.4, -0.2) is 9.46 Å². The van der Waals surface area contributed by atoms with Gasteiger partial charge in [-0.05, 0) is 26.0 Å². The van der Waals surface area contributed by atoms with Crippen LogP contribution in [0.1, 0.15) is 13.8 Å². The van der Waals surface area contributed by atoms with Crippen molar-refractivity contribution < 1.29 is 4.21 Å². The molecule has 1 rings (SSSR count). The van der Waals surface area contributed by atoms with Crippen LogP contribution in [0.4, 0.5) is 5.69 Å². The zero-order valence-electron chi connectivity index (χ0n) is 7.78. The summed E-state index contributed by atoms with van der Waals surface area (Å²) in [6.07, 6.45) is 0.